The second-order valence-electron chi connectivity index (χ2n) is 4.42. The minimum absolute atomic E-state index is 0.522. The predicted molar refractivity (Wildman–Crippen MR) is 74.8 cm³/mol. The number of nitrogens with zero attached hydrogens (tertiary/aromatic N) is 3. The summed E-state index contributed by atoms with van der Waals surface area (Å²) in [6.07, 6.45) is 1.85. The van der Waals surface area contributed by atoms with Gasteiger partial charge in [0.2, 0.25) is 5.95 Å². The number of imidazole rings is 1. The van der Waals surface area contributed by atoms with E-state index in [-0.39, 0.29) is 0 Å². The van der Waals surface area contributed by atoms with Crippen LogP contribution in [-0.2, 0) is 6.54 Å². The highest BCUT2D eigenvalue weighted by Gasteiger charge is 2.10. The molecule has 0 aliphatic carbocycles. The minimum Gasteiger partial charge on any atom is -0.369 e. The molecule has 3 rings (SSSR count). The molecule has 2 N–H and O–H groups in total. The molecule has 18 heavy (non-hydrogen) atoms. The number of aryl methyl sites for hydroxylation is 2. The van der Waals surface area contributed by atoms with Crippen molar-refractivity contribution in [3.8, 4) is 0 Å². The van der Waals surface area contributed by atoms with Crippen LogP contribution in [0.15, 0.2) is 24.4 Å². The molecule has 0 radical (unpaired) electrons. The predicted octanol–water partition coefficient (Wildman–Crippen LogP) is 2.74. The third-order valence-corrected chi connectivity index (χ3v) is 3.85. The highest BCUT2D eigenvalue weighted by molar-refractivity contribution is 7.11. The number of hydrogen-bond donors (Lipinski definition) is 1. The van der Waals surface area contributed by atoms with E-state index in [1.165, 1.54) is 9.75 Å². The Bertz CT molecular complexity index is 711. The van der Waals surface area contributed by atoms with Gasteiger partial charge in [0.05, 0.1) is 6.54 Å². The number of rotatable bonds is 2. The van der Waals surface area contributed by atoms with Crippen LogP contribution >= 0.6 is 11.3 Å². The van der Waals surface area contributed by atoms with Gasteiger partial charge in [-0.2, -0.15) is 0 Å². The average molecular weight is 258 g/mol. The van der Waals surface area contributed by atoms with Gasteiger partial charge in [0.25, 0.3) is 0 Å². The van der Waals surface area contributed by atoms with Gasteiger partial charge < -0.3 is 5.73 Å². The third kappa shape index (κ3) is 1.86. The lowest BCUT2D eigenvalue weighted by Crippen LogP contribution is -2.04. The Morgan fingerprint density at radius 3 is 2.89 bits per heavy atom. The van der Waals surface area contributed by atoms with Crippen LogP contribution in [0.1, 0.15) is 15.3 Å². The number of hydrogen-bond acceptors (Lipinski definition) is 4. The molecule has 0 aliphatic heterocycles. The van der Waals surface area contributed by atoms with Crippen molar-refractivity contribution in [1.29, 1.82) is 0 Å². The summed E-state index contributed by atoms with van der Waals surface area (Å²) in [5.41, 5.74) is 8.78. The van der Waals surface area contributed by atoms with E-state index in [1.54, 1.807) is 11.3 Å². The standard InChI is InChI=1S/C13H14N4S/c1-8-5-11-12(15-6-8)17(13(14)16-11)7-10-4-3-9(2)18-10/h3-6H,7H2,1-2H3,(H2,14,16). The van der Waals surface area contributed by atoms with Crippen LogP contribution < -0.4 is 5.73 Å². The van der Waals surface area contributed by atoms with E-state index in [1.807, 2.05) is 23.8 Å². The van der Waals surface area contributed by atoms with E-state index in [9.17, 15) is 0 Å². The molecule has 4 nitrogen and oxygen atoms in total. The van der Waals surface area contributed by atoms with Crippen LogP contribution in [0.5, 0.6) is 0 Å². The molecule has 5 heteroatoms. The van der Waals surface area contributed by atoms with Gasteiger partial charge in [-0.15, -0.1) is 11.3 Å². The number of fused-ring (bicyclic) bond motifs is 1. The lowest BCUT2D eigenvalue weighted by Gasteiger charge is -2.03. The summed E-state index contributed by atoms with van der Waals surface area (Å²) < 4.78 is 1.96. The number of nitrogens with two attached hydrogens (primary N) is 1. The summed E-state index contributed by atoms with van der Waals surface area (Å²) in [4.78, 5) is 11.4. The van der Waals surface area contributed by atoms with Gasteiger partial charge in [0, 0.05) is 16.0 Å². The molecule has 0 spiro atoms. The first kappa shape index (κ1) is 11.2. The van der Waals surface area contributed by atoms with Crippen molar-refractivity contribution in [2.45, 2.75) is 20.4 Å². The van der Waals surface area contributed by atoms with Crippen molar-refractivity contribution < 1.29 is 0 Å². The number of anilines is 1. The Balaban J connectivity index is 2.08. The van der Waals surface area contributed by atoms with Gasteiger partial charge in [0.1, 0.15) is 5.52 Å². The normalized spacial score (nSPS) is 11.2. The largest absolute Gasteiger partial charge is 0.369 e. The van der Waals surface area contributed by atoms with Crippen LogP contribution in [0.25, 0.3) is 11.2 Å². The molecule has 0 atom stereocenters. The van der Waals surface area contributed by atoms with E-state index in [0.717, 1.165) is 23.3 Å². The molecule has 0 aromatic carbocycles. The molecule has 0 bridgehead atoms. The molecule has 92 valence electrons. The Kier molecular flexibility index (Phi) is 2.56. The van der Waals surface area contributed by atoms with Crippen LogP contribution in [-0.4, -0.2) is 14.5 Å². The van der Waals surface area contributed by atoms with Gasteiger partial charge in [-0.25, -0.2) is 9.97 Å². The maximum absolute atomic E-state index is 5.97. The molecule has 0 aliphatic rings. The Labute approximate surface area is 109 Å². The molecule has 0 fully saturated rings. The maximum atomic E-state index is 5.97. The summed E-state index contributed by atoms with van der Waals surface area (Å²) in [5.74, 6) is 0.522. The first-order valence-electron chi connectivity index (χ1n) is 5.77. The van der Waals surface area contributed by atoms with Crippen molar-refractivity contribution in [2.24, 2.45) is 0 Å². The summed E-state index contributed by atoms with van der Waals surface area (Å²) >= 11 is 1.77. The monoisotopic (exact) mass is 258 g/mol. The maximum Gasteiger partial charge on any atom is 0.202 e. The zero-order valence-corrected chi connectivity index (χ0v) is 11.2. The highest BCUT2D eigenvalue weighted by Crippen LogP contribution is 2.21. The van der Waals surface area contributed by atoms with Crippen molar-refractivity contribution in [1.82, 2.24) is 14.5 Å². The van der Waals surface area contributed by atoms with Crippen LogP contribution in [0.4, 0.5) is 5.95 Å². The third-order valence-electron chi connectivity index (χ3n) is 2.86. The van der Waals surface area contributed by atoms with Crippen molar-refractivity contribution in [2.75, 3.05) is 5.73 Å². The quantitative estimate of drug-likeness (QED) is 0.769. The molecule has 0 saturated heterocycles. The molecule has 3 aromatic heterocycles. The number of thiophene rings is 1. The Morgan fingerprint density at radius 1 is 1.33 bits per heavy atom. The Hall–Kier alpha value is -1.88. The van der Waals surface area contributed by atoms with E-state index >= 15 is 0 Å². The summed E-state index contributed by atoms with van der Waals surface area (Å²) in [6.45, 7) is 4.84. The van der Waals surface area contributed by atoms with Crippen LogP contribution in [0, 0.1) is 13.8 Å². The number of aromatic nitrogens is 3. The highest BCUT2D eigenvalue weighted by atomic mass is 32.1. The average Bonchev–Trinajstić information content (AvgIpc) is 2.84. The molecular weight excluding hydrogens is 244 g/mol. The van der Waals surface area contributed by atoms with Gasteiger partial charge in [-0.3, -0.25) is 4.57 Å². The van der Waals surface area contributed by atoms with E-state index in [4.69, 9.17) is 5.73 Å². The lowest BCUT2D eigenvalue weighted by atomic mass is 10.3. The zero-order chi connectivity index (χ0) is 12.7. The second-order valence-corrected chi connectivity index (χ2v) is 5.80. The molecular formula is C13H14N4S. The molecule has 3 heterocycles. The summed E-state index contributed by atoms with van der Waals surface area (Å²) in [7, 11) is 0. The Morgan fingerprint density at radius 2 is 2.17 bits per heavy atom. The van der Waals surface area contributed by atoms with E-state index in [0.29, 0.717) is 5.95 Å². The first-order chi connectivity index (χ1) is 8.63. The van der Waals surface area contributed by atoms with Crippen LogP contribution in [0.3, 0.4) is 0 Å². The van der Waals surface area contributed by atoms with Crippen molar-refractivity contribution in [3.05, 3.63) is 39.7 Å². The first-order valence-corrected chi connectivity index (χ1v) is 6.59. The topological polar surface area (TPSA) is 56.7 Å². The van der Waals surface area contributed by atoms with Crippen molar-refractivity contribution >= 4 is 28.4 Å². The lowest BCUT2D eigenvalue weighted by molar-refractivity contribution is 0.841. The fourth-order valence-corrected chi connectivity index (χ4v) is 2.89. The molecule has 0 saturated carbocycles. The van der Waals surface area contributed by atoms with E-state index < -0.39 is 0 Å². The molecule has 0 unspecified atom stereocenters. The second kappa shape index (κ2) is 4.10. The minimum atomic E-state index is 0.522. The SMILES string of the molecule is Cc1cnc2c(c1)nc(N)n2Cc1ccc(C)s1. The zero-order valence-electron chi connectivity index (χ0n) is 10.3. The smallest absolute Gasteiger partial charge is 0.202 e. The fourth-order valence-electron chi connectivity index (χ4n) is 2.01. The van der Waals surface area contributed by atoms with Gasteiger partial charge in [-0.05, 0) is 37.6 Å². The van der Waals surface area contributed by atoms with Gasteiger partial charge >= 0.3 is 0 Å². The van der Waals surface area contributed by atoms with Crippen LogP contribution in [0.2, 0.25) is 0 Å². The number of pyridine rings is 1. The van der Waals surface area contributed by atoms with Gasteiger partial charge in [-0.1, -0.05) is 0 Å². The van der Waals surface area contributed by atoms with E-state index in [2.05, 4.69) is 29.0 Å². The molecule has 3 aromatic rings. The summed E-state index contributed by atoms with van der Waals surface area (Å²) in [5, 5.41) is 0. The van der Waals surface area contributed by atoms with Crippen molar-refractivity contribution in [3.63, 3.8) is 0 Å². The fraction of sp³-hybridized carbons (Fsp3) is 0.231. The number of nitrogen functional groups attached to an aromatic ring is 1. The van der Waals surface area contributed by atoms with Gasteiger partial charge in [0.15, 0.2) is 5.65 Å². The molecule has 0 amide bonds. The summed E-state index contributed by atoms with van der Waals surface area (Å²) in [6, 6.07) is 6.25.